The fourth-order valence-corrected chi connectivity index (χ4v) is 2.91. The molecule has 0 aliphatic rings. The second kappa shape index (κ2) is 9.08. The number of ether oxygens (including phenoxy) is 1. The number of anilines is 3. The van der Waals surface area contributed by atoms with E-state index < -0.39 is 0 Å². The van der Waals surface area contributed by atoms with Crippen LogP contribution in [0.4, 0.5) is 17.6 Å². The van der Waals surface area contributed by atoms with Crippen molar-refractivity contribution in [1.29, 1.82) is 0 Å². The molecule has 30 heavy (non-hydrogen) atoms. The van der Waals surface area contributed by atoms with Crippen molar-refractivity contribution < 1.29 is 9.15 Å². The Bertz CT molecular complexity index is 1090. The molecule has 4 rings (SSSR count). The molecule has 0 atom stereocenters. The molecule has 0 fully saturated rings. The quantitative estimate of drug-likeness (QED) is 0.434. The van der Waals surface area contributed by atoms with Gasteiger partial charge >= 0.3 is 6.01 Å². The number of benzene rings is 1. The van der Waals surface area contributed by atoms with Crippen LogP contribution in [0, 0.1) is 6.92 Å². The second-order valence-corrected chi connectivity index (χ2v) is 6.56. The van der Waals surface area contributed by atoms with Gasteiger partial charge in [0.05, 0.1) is 19.4 Å². The van der Waals surface area contributed by atoms with Crippen LogP contribution < -0.4 is 15.4 Å². The van der Waals surface area contributed by atoms with Gasteiger partial charge < -0.3 is 24.4 Å². The molecule has 0 aliphatic carbocycles. The normalized spacial score (nSPS) is 10.7. The second-order valence-electron chi connectivity index (χ2n) is 6.56. The number of aryl methyl sites for hydroxylation is 1. The van der Waals surface area contributed by atoms with Crippen LogP contribution in [0.5, 0.6) is 6.01 Å². The van der Waals surface area contributed by atoms with Crippen molar-refractivity contribution in [2.75, 3.05) is 17.2 Å². The zero-order valence-electron chi connectivity index (χ0n) is 16.9. The summed E-state index contributed by atoms with van der Waals surface area (Å²) in [5.74, 6) is 2.55. The smallest absolute Gasteiger partial charge is 0.323 e. The first kappa shape index (κ1) is 19.4. The molecule has 9 nitrogen and oxygen atoms in total. The Morgan fingerprint density at radius 3 is 2.77 bits per heavy atom. The first-order valence-electron chi connectivity index (χ1n) is 9.68. The molecule has 1 aromatic carbocycles. The van der Waals surface area contributed by atoms with Gasteiger partial charge in [-0.15, -0.1) is 0 Å². The van der Waals surface area contributed by atoms with Crippen LogP contribution in [0.3, 0.4) is 0 Å². The van der Waals surface area contributed by atoms with Crippen LogP contribution in [0.25, 0.3) is 0 Å². The number of rotatable bonds is 9. The number of hydrogen-bond donors (Lipinski definition) is 2. The Kier molecular flexibility index (Phi) is 5.88. The first-order chi connectivity index (χ1) is 14.7. The molecular weight excluding hydrogens is 382 g/mol. The standard InChI is InChI=1S/C21H23N7O2/c1-3-29-21-26-19(23-13-18-8-5-11-30-18)25-20(27-21)24-17-7-4-6-16(12-17)14-28-10-9-22-15(28)2/h4-12H,3,13-14H2,1-2H3,(H2,23,24,25,26,27). The molecule has 0 bridgehead atoms. The molecule has 9 heteroatoms. The largest absolute Gasteiger partial charge is 0.467 e. The van der Waals surface area contributed by atoms with Gasteiger partial charge in [0, 0.05) is 24.6 Å². The van der Waals surface area contributed by atoms with Gasteiger partial charge in [0.15, 0.2) is 0 Å². The molecule has 0 aliphatic heterocycles. The summed E-state index contributed by atoms with van der Waals surface area (Å²) in [6, 6.07) is 12.0. The van der Waals surface area contributed by atoms with E-state index >= 15 is 0 Å². The third-order valence-corrected chi connectivity index (χ3v) is 4.35. The zero-order valence-corrected chi connectivity index (χ0v) is 16.9. The lowest BCUT2D eigenvalue weighted by molar-refractivity contribution is 0.312. The molecule has 4 aromatic rings. The highest BCUT2D eigenvalue weighted by Crippen LogP contribution is 2.19. The number of hydrogen-bond acceptors (Lipinski definition) is 8. The Morgan fingerprint density at radius 2 is 2.00 bits per heavy atom. The number of imidazole rings is 1. The number of nitrogens with zero attached hydrogens (tertiary/aromatic N) is 5. The third-order valence-electron chi connectivity index (χ3n) is 4.35. The van der Waals surface area contributed by atoms with Crippen LogP contribution in [-0.2, 0) is 13.1 Å². The van der Waals surface area contributed by atoms with Crippen molar-refractivity contribution in [2.24, 2.45) is 0 Å². The minimum Gasteiger partial charge on any atom is -0.467 e. The van der Waals surface area contributed by atoms with E-state index in [0.717, 1.165) is 29.4 Å². The maximum absolute atomic E-state index is 5.49. The molecule has 3 heterocycles. The van der Waals surface area contributed by atoms with Gasteiger partial charge in [-0.3, -0.25) is 0 Å². The van der Waals surface area contributed by atoms with Crippen LogP contribution >= 0.6 is 0 Å². The van der Waals surface area contributed by atoms with E-state index in [2.05, 4.69) is 47.3 Å². The summed E-state index contributed by atoms with van der Waals surface area (Å²) in [5.41, 5.74) is 2.01. The summed E-state index contributed by atoms with van der Waals surface area (Å²) in [6.07, 6.45) is 5.39. The van der Waals surface area contributed by atoms with E-state index in [0.29, 0.717) is 25.0 Å². The molecule has 0 spiro atoms. The van der Waals surface area contributed by atoms with E-state index in [9.17, 15) is 0 Å². The van der Waals surface area contributed by atoms with Gasteiger partial charge in [0.1, 0.15) is 11.6 Å². The number of furan rings is 1. The summed E-state index contributed by atoms with van der Waals surface area (Å²) >= 11 is 0. The van der Waals surface area contributed by atoms with Crippen molar-refractivity contribution >= 4 is 17.6 Å². The van der Waals surface area contributed by atoms with Crippen molar-refractivity contribution in [1.82, 2.24) is 24.5 Å². The van der Waals surface area contributed by atoms with Crippen molar-refractivity contribution in [3.05, 3.63) is 72.2 Å². The predicted molar refractivity (Wildman–Crippen MR) is 113 cm³/mol. The average Bonchev–Trinajstić information content (AvgIpc) is 3.39. The fourth-order valence-electron chi connectivity index (χ4n) is 2.91. The lowest BCUT2D eigenvalue weighted by Crippen LogP contribution is -2.09. The molecule has 154 valence electrons. The highest BCUT2D eigenvalue weighted by molar-refractivity contribution is 5.55. The molecule has 0 amide bonds. The molecule has 3 aromatic heterocycles. The third kappa shape index (κ3) is 4.93. The Balaban J connectivity index is 1.51. The molecule has 0 saturated heterocycles. The van der Waals surface area contributed by atoms with Gasteiger partial charge in [0.2, 0.25) is 11.9 Å². The highest BCUT2D eigenvalue weighted by Gasteiger charge is 2.09. The lowest BCUT2D eigenvalue weighted by Gasteiger charge is -2.11. The minimum absolute atomic E-state index is 0.252. The maximum Gasteiger partial charge on any atom is 0.323 e. The molecule has 2 N–H and O–H groups in total. The summed E-state index contributed by atoms with van der Waals surface area (Å²) in [6.45, 7) is 5.52. The van der Waals surface area contributed by atoms with Crippen molar-refractivity contribution in [3.63, 3.8) is 0 Å². The lowest BCUT2D eigenvalue weighted by atomic mass is 10.2. The molecule has 0 radical (unpaired) electrons. The minimum atomic E-state index is 0.252. The van der Waals surface area contributed by atoms with E-state index in [1.54, 1.807) is 12.5 Å². The van der Waals surface area contributed by atoms with Gasteiger partial charge in [-0.05, 0) is 43.7 Å². The molecule has 0 unspecified atom stereocenters. The van der Waals surface area contributed by atoms with Crippen LogP contribution in [0.1, 0.15) is 24.1 Å². The van der Waals surface area contributed by atoms with Crippen molar-refractivity contribution in [2.45, 2.75) is 26.9 Å². The first-order valence-corrected chi connectivity index (χ1v) is 9.68. The van der Waals surface area contributed by atoms with Gasteiger partial charge in [-0.2, -0.15) is 15.0 Å². The predicted octanol–water partition coefficient (Wildman–Crippen LogP) is 3.77. The van der Waals surface area contributed by atoms with E-state index in [4.69, 9.17) is 9.15 Å². The van der Waals surface area contributed by atoms with Gasteiger partial charge in [-0.25, -0.2) is 4.98 Å². The van der Waals surface area contributed by atoms with Crippen LogP contribution in [0.2, 0.25) is 0 Å². The Hall–Kier alpha value is -3.88. The molecular formula is C21H23N7O2. The van der Waals surface area contributed by atoms with E-state index in [-0.39, 0.29) is 6.01 Å². The Labute approximate surface area is 174 Å². The van der Waals surface area contributed by atoms with Crippen molar-refractivity contribution in [3.8, 4) is 6.01 Å². The van der Waals surface area contributed by atoms with E-state index in [1.165, 1.54) is 0 Å². The topological polar surface area (TPSA) is 103 Å². The van der Waals surface area contributed by atoms with Crippen LogP contribution in [0.15, 0.2) is 59.5 Å². The monoisotopic (exact) mass is 405 g/mol. The molecule has 0 saturated carbocycles. The zero-order chi connectivity index (χ0) is 20.8. The van der Waals surface area contributed by atoms with Gasteiger partial charge in [0.25, 0.3) is 0 Å². The fraction of sp³-hybridized carbons (Fsp3) is 0.238. The summed E-state index contributed by atoms with van der Waals surface area (Å²) in [5, 5.41) is 6.37. The summed E-state index contributed by atoms with van der Waals surface area (Å²) < 4.78 is 12.9. The Morgan fingerprint density at radius 1 is 1.10 bits per heavy atom. The maximum atomic E-state index is 5.49. The average molecular weight is 405 g/mol. The SMILES string of the molecule is CCOc1nc(NCc2ccco2)nc(Nc2cccc(Cn3ccnc3C)c2)n1. The van der Waals surface area contributed by atoms with Gasteiger partial charge in [-0.1, -0.05) is 12.1 Å². The van der Waals surface area contributed by atoms with E-state index in [1.807, 2.05) is 44.3 Å². The number of aromatic nitrogens is 5. The summed E-state index contributed by atoms with van der Waals surface area (Å²) in [4.78, 5) is 17.4. The summed E-state index contributed by atoms with van der Waals surface area (Å²) in [7, 11) is 0. The highest BCUT2D eigenvalue weighted by atomic mass is 16.5. The van der Waals surface area contributed by atoms with Crippen LogP contribution in [-0.4, -0.2) is 31.1 Å². The number of nitrogens with one attached hydrogen (secondary N) is 2.